The van der Waals surface area contributed by atoms with Crippen LogP contribution in [0.25, 0.3) is 0 Å². The smallest absolute Gasteiger partial charge is 0.251 e. The Hall–Kier alpha value is -4.02. The van der Waals surface area contributed by atoms with Crippen molar-refractivity contribution >= 4 is 58.6 Å². The van der Waals surface area contributed by atoms with Crippen LogP contribution in [0, 0.1) is 6.92 Å². The summed E-state index contributed by atoms with van der Waals surface area (Å²) in [5.41, 5.74) is 13.2. The second-order valence-electron chi connectivity index (χ2n) is 14.8. The largest absolute Gasteiger partial charge is 0.456 e. The molecule has 0 N–H and O–H groups in total. The summed E-state index contributed by atoms with van der Waals surface area (Å²) in [5.74, 6) is 3.18. The number of nitrogens with zero attached hydrogens (tertiary/aromatic N) is 1. The minimum atomic E-state index is -1.93. The zero-order valence-electron chi connectivity index (χ0n) is 28.9. The predicted molar refractivity (Wildman–Crippen MR) is 202 cm³/mol. The zero-order chi connectivity index (χ0) is 32.5. The molecule has 0 amide bonds. The summed E-state index contributed by atoms with van der Waals surface area (Å²) in [4.78, 5) is 2.49. The van der Waals surface area contributed by atoms with Crippen molar-refractivity contribution in [2.45, 2.75) is 79.3 Å². The minimum absolute atomic E-state index is 0.0688. The Bertz CT molecular complexity index is 1940. The lowest BCUT2D eigenvalue weighted by molar-refractivity contribution is 0.488. The van der Waals surface area contributed by atoms with Gasteiger partial charge in [-0.3, -0.25) is 0 Å². The molecule has 2 heterocycles. The second kappa shape index (κ2) is 11.3. The number of hydrogen-bond acceptors (Lipinski definition) is 2. The van der Waals surface area contributed by atoms with Crippen LogP contribution in [-0.4, -0.2) is 14.8 Å². The zero-order valence-corrected chi connectivity index (χ0v) is 29.9. The number of benzene rings is 5. The highest BCUT2D eigenvalue weighted by atomic mass is 28.3. The summed E-state index contributed by atoms with van der Waals surface area (Å²) < 4.78 is 7.05. The topological polar surface area (TPSA) is 12.5 Å². The quantitative estimate of drug-likeness (QED) is 0.179. The average Bonchev–Trinajstić information content (AvgIpc) is 3.03. The van der Waals surface area contributed by atoms with Gasteiger partial charge < -0.3 is 9.64 Å². The Morgan fingerprint density at radius 1 is 0.609 bits per heavy atom. The lowest BCUT2D eigenvalue weighted by Gasteiger charge is -2.42. The van der Waals surface area contributed by atoms with E-state index in [1.807, 2.05) is 0 Å². The molecule has 0 saturated heterocycles. The van der Waals surface area contributed by atoms with E-state index in [4.69, 9.17) is 4.74 Å². The Balaban J connectivity index is 1.54. The van der Waals surface area contributed by atoms with E-state index in [-0.39, 0.29) is 6.71 Å². The van der Waals surface area contributed by atoms with E-state index in [2.05, 4.69) is 164 Å². The van der Waals surface area contributed by atoms with Gasteiger partial charge >= 0.3 is 0 Å². The summed E-state index contributed by atoms with van der Waals surface area (Å²) in [6, 6.07) is 36.6. The fraction of sp³-hybridized carbons (Fsp3) is 0.286. The van der Waals surface area contributed by atoms with E-state index in [9.17, 15) is 0 Å². The van der Waals surface area contributed by atoms with Gasteiger partial charge in [0.15, 0.2) is 0 Å². The van der Waals surface area contributed by atoms with Crippen LogP contribution in [0.4, 0.5) is 17.1 Å². The highest BCUT2D eigenvalue weighted by molar-refractivity contribution is 7.02. The van der Waals surface area contributed by atoms with Crippen molar-refractivity contribution in [1.29, 1.82) is 0 Å². The monoisotopic (exact) mass is 619 g/mol. The van der Waals surface area contributed by atoms with Gasteiger partial charge in [-0.25, -0.2) is 0 Å². The van der Waals surface area contributed by atoms with E-state index in [0.717, 1.165) is 17.2 Å². The maximum atomic E-state index is 7.05. The van der Waals surface area contributed by atoms with Gasteiger partial charge in [0.05, 0.1) is 5.69 Å². The summed E-state index contributed by atoms with van der Waals surface area (Å²) >= 11 is 0. The molecule has 0 aromatic heterocycles. The minimum Gasteiger partial charge on any atom is -0.456 e. The fourth-order valence-electron chi connectivity index (χ4n) is 7.88. The molecule has 0 spiro atoms. The Morgan fingerprint density at radius 2 is 1.22 bits per heavy atom. The van der Waals surface area contributed by atoms with E-state index in [0.29, 0.717) is 17.8 Å². The molecule has 46 heavy (non-hydrogen) atoms. The molecule has 0 bridgehead atoms. The molecule has 7 rings (SSSR count). The van der Waals surface area contributed by atoms with Crippen molar-refractivity contribution in [2.24, 2.45) is 0 Å². The highest BCUT2D eigenvalue weighted by Gasteiger charge is 2.42. The van der Waals surface area contributed by atoms with Crippen molar-refractivity contribution in [3.05, 3.63) is 119 Å². The van der Waals surface area contributed by atoms with Crippen LogP contribution < -0.4 is 36.4 Å². The van der Waals surface area contributed by atoms with Crippen LogP contribution in [-0.2, 0) is 0 Å². The average molecular weight is 620 g/mol. The van der Waals surface area contributed by atoms with Crippen molar-refractivity contribution < 1.29 is 4.74 Å². The summed E-state index contributed by atoms with van der Waals surface area (Å²) in [6.45, 7) is 21.3. The number of aryl methyl sites for hydroxylation is 1. The van der Waals surface area contributed by atoms with Gasteiger partial charge in [-0.2, -0.15) is 0 Å². The molecule has 0 fully saturated rings. The number of anilines is 3. The third kappa shape index (κ3) is 4.76. The van der Waals surface area contributed by atoms with Crippen LogP contribution in [0.3, 0.4) is 0 Å². The van der Waals surface area contributed by atoms with Crippen molar-refractivity contribution in [1.82, 2.24) is 0 Å². The van der Waals surface area contributed by atoms with Crippen LogP contribution in [0.2, 0.25) is 13.1 Å². The molecule has 2 nitrogen and oxygen atoms in total. The first-order valence-electron chi connectivity index (χ1n) is 17.1. The van der Waals surface area contributed by atoms with Gasteiger partial charge in [0.2, 0.25) is 0 Å². The van der Waals surface area contributed by atoms with Crippen LogP contribution in [0.1, 0.15) is 81.5 Å². The molecule has 5 aromatic carbocycles. The van der Waals surface area contributed by atoms with Crippen LogP contribution in [0.5, 0.6) is 11.5 Å². The normalized spacial score (nSPS) is 14.6. The molecule has 4 heteroatoms. The Labute approximate surface area is 277 Å². The third-order valence-corrected chi connectivity index (χ3v) is 13.9. The maximum Gasteiger partial charge on any atom is 0.251 e. The predicted octanol–water partition coefficient (Wildman–Crippen LogP) is 8.59. The van der Waals surface area contributed by atoms with Crippen molar-refractivity contribution in [3.8, 4) is 11.5 Å². The SMILES string of the molecule is Cc1ccc2c(c1)[Si](C)(C)c1ccccc1N2c1cccc2c1Oc1ccccc1B2c1c(C(C)C)cc(C(C)C)cc1C(C)C. The van der Waals surface area contributed by atoms with Crippen molar-refractivity contribution in [2.75, 3.05) is 4.90 Å². The molecule has 0 unspecified atom stereocenters. The van der Waals surface area contributed by atoms with Crippen LogP contribution in [0.15, 0.2) is 97.1 Å². The fourth-order valence-corrected chi connectivity index (χ4v) is 10.9. The molecule has 2 aliphatic rings. The third-order valence-electron chi connectivity index (χ3n) is 10.4. The maximum absolute atomic E-state index is 7.05. The molecule has 0 radical (unpaired) electrons. The van der Waals surface area contributed by atoms with E-state index in [1.54, 1.807) is 0 Å². The van der Waals surface area contributed by atoms with Gasteiger partial charge in [0, 0.05) is 11.4 Å². The van der Waals surface area contributed by atoms with Gasteiger partial charge in [0.25, 0.3) is 6.71 Å². The Morgan fingerprint density at radius 3 is 1.91 bits per heavy atom. The molecule has 0 saturated carbocycles. The van der Waals surface area contributed by atoms with Crippen molar-refractivity contribution in [3.63, 3.8) is 0 Å². The highest BCUT2D eigenvalue weighted by Crippen LogP contribution is 2.44. The van der Waals surface area contributed by atoms with Gasteiger partial charge in [0.1, 0.15) is 19.6 Å². The first kappa shape index (κ1) is 30.6. The first-order valence-corrected chi connectivity index (χ1v) is 20.1. The number of rotatable bonds is 5. The number of fused-ring (bicyclic) bond motifs is 4. The molecule has 0 aliphatic carbocycles. The molecule has 232 valence electrons. The first-order chi connectivity index (χ1) is 22.0. The standard InChI is InChI=1S/C42H46BNOSi/c1-26(2)30-24-31(27(3)4)41(32(25-30)28(5)6)43-33-15-10-12-19-38(33)45-42-34(43)16-14-18-37(42)44-35-17-11-13-20-39(35)46(8,9)40-23-29(7)21-22-36(40)44/h10-28H,1-9H3. The van der Waals surface area contributed by atoms with E-state index < -0.39 is 8.07 Å². The molecule has 2 aliphatic heterocycles. The summed E-state index contributed by atoms with van der Waals surface area (Å²) in [6.07, 6.45) is 0. The van der Waals surface area contributed by atoms with Crippen LogP contribution >= 0.6 is 0 Å². The summed E-state index contributed by atoms with van der Waals surface area (Å²) in [5, 5.41) is 2.94. The molecule has 0 atom stereocenters. The van der Waals surface area contributed by atoms with Gasteiger partial charge in [-0.1, -0.05) is 138 Å². The number of ether oxygens (including phenoxy) is 1. The van der Waals surface area contributed by atoms with Gasteiger partial charge in [-0.15, -0.1) is 0 Å². The van der Waals surface area contributed by atoms with E-state index >= 15 is 0 Å². The molecule has 5 aromatic rings. The lowest BCUT2D eigenvalue weighted by atomic mass is 9.33. The van der Waals surface area contributed by atoms with E-state index in [1.165, 1.54) is 60.4 Å². The van der Waals surface area contributed by atoms with Gasteiger partial charge in [-0.05, 0) is 86.9 Å². The molecular weight excluding hydrogens is 573 g/mol. The Kier molecular flexibility index (Phi) is 7.55. The number of para-hydroxylation sites is 3. The number of hydrogen-bond donors (Lipinski definition) is 0. The molecular formula is C42H46BNOSi. The lowest BCUT2D eigenvalue weighted by Crippen LogP contribution is -2.59. The second-order valence-corrected chi connectivity index (χ2v) is 19.2. The summed E-state index contributed by atoms with van der Waals surface area (Å²) in [7, 11) is -1.93.